The Morgan fingerprint density at radius 1 is 1.04 bits per heavy atom. The van der Waals surface area contributed by atoms with Gasteiger partial charge >= 0.3 is 0 Å². The molecule has 1 amide bonds. The zero-order valence-electron chi connectivity index (χ0n) is 16.0. The molecule has 0 saturated carbocycles. The van der Waals surface area contributed by atoms with Crippen LogP contribution in [0.4, 0.5) is 0 Å². The Hall–Kier alpha value is -2.53. The summed E-state index contributed by atoms with van der Waals surface area (Å²) < 4.78 is 10.4. The molecule has 0 aliphatic carbocycles. The van der Waals surface area contributed by atoms with Crippen molar-refractivity contribution in [2.75, 3.05) is 20.8 Å². The highest BCUT2D eigenvalue weighted by molar-refractivity contribution is 5.94. The van der Waals surface area contributed by atoms with Crippen molar-refractivity contribution in [1.82, 2.24) is 5.32 Å². The SMILES string of the molecule is COc1ccc(C(O)CNC(=O)c2ccc(C(C)(C)C)cc2)cc1OC. The first-order valence-corrected chi connectivity index (χ1v) is 8.55. The Kier molecular flexibility index (Phi) is 6.27. The normalized spacial score (nSPS) is 12.4. The highest BCUT2D eigenvalue weighted by atomic mass is 16.5. The molecule has 0 fully saturated rings. The minimum atomic E-state index is -0.840. The van der Waals surface area contributed by atoms with Crippen LogP contribution in [0.1, 0.15) is 48.4 Å². The molecule has 1 unspecified atom stereocenters. The summed E-state index contributed by atoms with van der Waals surface area (Å²) in [5.74, 6) is 0.907. The van der Waals surface area contributed by atoms with Gasteiger partial charge in [0.25, 0.3) is 5.91 Å². The molecule has 0 bridgehead atoms. The quantitative estimate of drug-likeness (QED) is 0.831. The summed E-state index contributed by atoms with van der Waals surface area (Å²) in [5, 5.41) is 13.1. The molecular formula is C21H27NO4. The van der Waals surface area contributed by atoms with Gasteiger partial charge in [0.1, 0.15) is 0 Å². The Morgan fingerprint density at radius 2 is 1.65 bits per heavy atom. The van der Waals surface area contributed by atoms with Gasteiger partial charge in [-0.3, -0.25) is 4.79 Å². The van der Waals surface area contributed by atoms with Crippen molar-refractivity contribution in [3.05, 3.63) is 59.2 Å². The van der Waals surface area contributed by atoms with Crippen molar-refractivity contribution in [2.45, 2.75) is 32.3 Å². The van der Waals surface area contributed by atoms with Gasteiger partial charge in [-0.05, 0) is 40.8 Å². The second kappa shape index (κ2) is 8.23. The fourth-order valence-electron chi connectivity index (χ4n) is 2.59. The topological polar surface area (TPSA) is 67.8 Å². The number of nitrogens with one attached hydrogen (secondary N) is 1. The standard InChI is InChI=1S/C21H27NO4/c1-21(2,3)16-9-6-14(7-10-16)20(24)22-13-17(23)15-8-11-18(25-4)19(12-15)26-5/h6-12,17,23H,13H2,1-5H3,(H,22,24). The average molecular weight is 357 g/mol. The van der Waals surface area contributed by atoms with Gasteiger partial charge in [-0.2, -0.15) is 0 Å². The third-order valence-corrected chi connectivity index (χ3v) is 4.26. The molecular weight excluding hydrogens is 330 g/mol. The molecule has 0 spiro atoms. The summed E-state index contributed by atoms with van der Waals surface area (Å²) in [7, 11) is 3.09. The van der Waals surface area contributed by atoms with Crippen molar-refractivity contribution in [2.24, 2.45) is 0 Å². The van der Waals surface area contributed by atoms with E-state index in [1.54, 1.807) is 37.4 Å². The van der Waals surface area contributed by atoms with E-state index in [9.17, 15) is 9.90 Å². The molecule has 0 aliphatic rings. The zero-order chi connectivity index (χ0) is 19.3. The van der Waals surface area contributed by atoms with E-state index in [0.717, 1.165) is 0 Å². The molecule has 5 nitrogen and oxygen atoms in total. The smallest absolute Gasteiger partial charge is 0.251 e. The van der Waals surface area contributed by atoms with E-state index in [0.29, 0.717) is 22.6 Å². The Labute approximate surface area is 155 Å². The number of benzene rings is 2. The van der Waals surface area contributed by atoms with Crippen LogP contribution < -0.4 is 14.8 Å². The van der Waals surface area contributed by atoms with Gasteiger partial charge in [0.2, 0.25) is 0 Å². The van der Waals surface area contributed by atoms with Crippen LogP contribution in [-0.2, 0) is 5.41 Å². The maximum absolute atomic E-state index is 12.3. The number of carbonyl (C=O) groups excluding carboxylic acids is 1. The van der Waals surface area contributed by atoms with Crippen molar-refractivity contribution in [3.63, 3.8) is 0 Å². The molecule has 1 atom stereocenters. The molecule has 0 radical (unpaired) electrons. The first-order valence-electron chi connectivity index (χ1n) is 8.55. The molecule has 2 N–H and O–H groups in total. The lowest BCUT2D eigenvalue weighted by Gasteiger charge is -2.19. The van der Waals surface area contributed by atoms with Gasteiger partial charge in [-0.15, -0.1) is 0 Å². The van der Waals surface area contributed by atoms with E-state index in [-0.39, 0.29) is 17.9 Å². The molecule has 5 heteroatoms. The van der Waals surface area contributed by atoms with Crippen LogP contribution in [0.3, 0.4) is 0 Å². The van der Waals surface area contributed by atoms with Crippen molar-refractivity contribution < 1.29 is 19.4 Å². The van der Waals surface area contributed by atoms with Crippen molar-refractivity contribution in [1.29, 1.82) is 0 Å². The van der Waals surface area contributed by atoms with Crippen LogP contribution in [0.5, 0.6) is 11.5 Å². The average Bonchev–Trinajstić information content (AvgIpc) is 2.64. The lowest BCUT2D eigenvalue weighted by atomic mass is 9.87. The number of methoxy groups -OCH3 is 2. The second-order valence-electron chi connectivity index (χ2n) is 7.17. The number of carbonyl (C=O) groups is 1. The zero-order valence-corrected chi connectivity index (χ0v) is 16.0. The number of amides is 1. The van der Waals surface area contributed by atoms with Gasteiger partial charge in [-0.25, -0.2) is 0 Å². The van der Waals surface area contributed by atoms with Crippen LogP contribution >= 0.6 is 0 Å². The minimum absolute atomic E-state index is 0.0403. The van der Waals surface area contributed by atoms with E-state index in [2.05, 4.69) is 26.1 Å². The molecule has 0 aromatic heterocycles. The number of aliphatic hydroxyl groups excluding tert-OH is 1. The van der Waals surface area contributed by atoms with Crippen LogP contribution in [0.15, 0.2) is 42.5 Å². The molecule has 0 aliphatic heterocycles. The first kappa shape index (κ1) is 19.8. The minimum Gasteiger partial charge on any atom is -0.493 e. The molecule has 2 aromatic carbocycles. The van der Waals surface area contributed by atoms with Crippen LogP contribution in [0.2, 0.25) is 0 Å². The third-order valence-electron chi connectivity index (χ3n) is 4.26. The van der Waals surface area contributed by atoms with E-state index in [1.165, 1.54) is 12.7 Å². The largest absolute Gasteiger partial charge is 0.493 e. The maximum atomic E-state index is 12.3. The molecule has 26 heavy (non-hydrogen) atoms. The Bertz CT molecular complexity index is 748. The fraction of sp³-hybridized carbons (Fsp3) is 0.381. The number of aliphatic hydroxyl groups is 1. The molecule has 0 saturated heterocycles. The van der Waals surface area contributed by atoms with Crippen molar-refractivity contribution >= 4 is 5.91 Å². The maximum Gasteiger partial charge on any atom is 0.251 e. The lowest BCUT2D eigenvalue weighted by Crippen LogP contribution is -2.28. The van der Waals surface area contributed by atoms with Gasteiger partial charge in [0, 0.05) is 12.1 Å². The summed E-state index contributed by atoms with van der Waals surface area (Å²) in [6.45, 7) is 6.49. The number of ether oxygens (including phenoxy) is 2. The van der Waals surface area contributed by atoms with E-state index in [1.807, 2.05) is 12.1 Å². The van der Waals surface area contributed by atoms with E-state index in [4.69, 9.17) is 9.47 Å². The summed E-state index contributed by atoms with van der Waals surface area (Å²) in [4.78, 5) is 12.3. The summed E-state index contributed by atoms with van der Waals surface area (Å²) in [6, 6.07) is 12.7. The van der Waals surface area contributed by atoms with Gasteiger partial charge < -0.3 is 19.9 Å². The van der Waals surface area contributed by atoms with Crippen LogP contribution in [0.25, 0.3) is 0 Å². The first-order chi connectivity index (χ1) is 12.3. The monoisotopic (exact) mass is 357 g/mol. The van der Waals surface area contributed by atoms with Gasteiger partial charge in [0.15, 0.2) is 11.5 Å². The van der Waals surface area contributed by atoms with E-state index >= 15 is 0 Å². The number of rotatable bonds is 6. The summed E-state index contributed by atoms with van der Waals surface area (Å²) in [5.41, 5.74) is 2.42. The highest BCUT2D eigenvalue weighted by Crippen LogP contribution is 2.29. The highest BCUT2D eigenvalue weighted by Gasteiger charge is 2.16. The predicted octanol–water partition coefficient (Wildman–Crippen LogP) is 3.46. The van der Waals surface area contributed by atoms with Crippen LogP contribution in [0, 0.1) is 0 Å². The van der Waals surface area contributed by atoms with Crippen molar-refractivity contribution in [3.8, 4) is 11.5 Å². The molecule has 0 heterocycles. The fourth-order valence-corrected chi connectivity index (χ4v) is 2.59. The second-order valence-corrected chi connectivity index (χ2v) is 7.17. The Morgan fingerprint density at radius 3 is 2.19 bits per heavy atom. The molecule has 140 valence electrons. The predicted molar refractivity (Wildman–Crippen MR) is 102 cm³/mol. The molecule has 2 aromatic rings. The van der Waals surface area contributed by atoms with Crippen LogP contribution in [-0.4, -0.2) is 31.8 Å². The molecule has 2 rings (SSSR count). The lowest BCUT2D eigenvalue weighted by molar-refractivity contribution is 0.0916. The van der Waals surface area contributed by atoms with Gasteiger partial charge in [0.05, 0.1) is 20.3 Å². The van der Waals surface area contributed by atoms with E-state index < -0.39 is 6.10 Å². The third kappa shape index (κ3) is 4.76. The number of hydrogen-bond donors (Lipinski definition) is 2. The summed E-state index contributed by atoms with van der Waals surface area (Å²) >= 11 is 0. The Balaban J connectivity index is 2.00. The summed E-state index contributed by atoms with van der Waals surface area (Å²) in [6.07, 6.45) is -0.840. The van der Waals surface area contributed by atoms with Gasteiger partial charge in [-0.1, -0.05) is 39.0 Å². The number of hydrogen-bond acceptors (Lipinski definition) is 4.